The minimum absolute atomic E-state index is 0.308. The highest BCUT2D eigenvalue weighted by atomic mass is 79.9. The Bertz CT molecular complexity index is 546. The predicted molar refractivity (Wildman–Crippen MR) is 77.8 cm³/mol. The lowest BCUT2D eigenvalue weighted by molar-refractivity contribution is -0.246. The highest BCUT2D eigenvalue weighted by Crippen LogP contribution is 2.50. The number of rotatable bonds is 3. The van der Waals surface area contributed by atoms with Crippen LogP contribution in [0.4, 0.5) is 0 Å². The Labute approximate surface area is 131 Å². The first-order chi connectivity index (χ1) is 9.90. The van der Waals surface area contributed by atoms with Crippen molar-refractivity contribution in [2.75, 3.05) is 7.11 Å². The topological polar surface area (TPSA) is 54.0 Å². The number of hydrogen-bond donors (Lipinski definition) is 0. The zero-order chi connectivity index (χ0) is 15.3. The van der Waals surface area contributed by atoms with Crippen molar-refractivity contribution in [2.45, 2.75) is 43.7 Å². The Morgan fingerprint density at radius 3 is 2.43 bits per heavy atom. The van der Waals surface area contributed by atoms with Gasteiger partial charge in [-0.25, -0.2) is 0 Å². The molecule has 2 aliphatic heterocycles. The molecule has 3 rings (SSSR count). The van der Waals surface area contributed by atoms with Crippen LogP contribution in [0.15, 0.2) is 30.3 Å². The van der Waals surface area contributed by atoms with Crippen molar-refractivity contribution in [2.24, 2.45) is 0 Å². The number of carbonyl (C=O) groups excluding carboxylic acids is 1. The summed E-state index contributed by atoms with van der Waals surface area (Å²) in [7, 11) is 1.52. The normalized spacial score (nSPS) is 37.4. The Morgan fingerprint density at radius 2 is 1.86 bits per heavy atom. The van der Waals surface area contributed by atoms with Gasteiger partial charge in [-0.3, -0.25) is 4.79 Å². The molecule has 4 atom stereocenters. The molecule has 5 nitrogen and oxygen atoms in total. The lowest BCUT2D eigenvalue weighted by atomic mass is 9.89. The molecule has 2 saturated heterocycles. The third-order valence-corrected chi connectivity index (χ3v) is 4.42. The molecule has 0 aromatic heterocycles. The molecular weight excluding hydrogens is 340 g/mol. The molecule has 6 heteroatoms. The van der Waals surface area contributed by atoms with E-state index in [4.69, 9.17) is 18.9 Å². The van der Waals surface area contributed by atoms with Gasteiger partial charge >= 0.3 is 0 Å². The monoisotopic (exact) mass is 356 g/mol. The SMILES string of the molecule is CO[C@H]1O[C@@](C(=O)Br)(c2ccccc2)[C@H]2OC(C)(C)O[C@@H]12. The van der Waals surface area contributed by atoms with Crippen LogP contribution in [-0.4, -0.2) is 36.1 Å². The van der Waals surface area contributed by atoms with Gasteiger partial charge in [0.1, 0.15) is 12.2 Å². The molecule has 0 aliphatic carbocycles. The quantitative estimate of drug-likeness (QED) is 0.778. The van der Waals surface area contributed by atoms with Crippen molar-refractivity contribution < 1.29 is 23.7 Å². The first-order valence-electron chi connectivity index (χ1n) is 6.72. The molecule has 2 heterocycles. The average molecular weight is 357 g/mol. The van der Waals surface area contributed by atoms with Gasteiger partial charge in [-0.05, 0) is 35.3 Å². The summed E-state index contributed by atoms with van der Waals surface area (Å²) in [6, 6.07) is 9.26. The number of halogens is 1. The van der Waals surface area contributed by atoms with E-state index in [1.165, 1.54) is 7.11 Å². The average Bonchev–Trinajstić information content (AvgIpc) is 2.91. The maximum absolute atomic E-state index is 12.4. The summed E-state index contributed by atoms with van der Waals surface area (Å²) < 4.78 is 22.8. The summed E-state index contributed by atoms with van der Waals surface area (Å²) in [5.74, 6) is -0.793. The van der Waals surface area contributed by atoms with Crippen LogP contribution in [-0.2, 0) is 29.3 Å². The number of ether oxygens (including phenoxy) is 4. The van der Waals surface area contributed by atoms with Gasteiger partial charge in [0, 0.05) is 7.11 Å². The van der Waals surface area contributed by atoms with Gasteiger partial charge < -0.3 is 18.9 Å². The molecule has 2 fully saturated rings. The summed E-state index contributed by atoms with van der Waals surface area (Å²) in [6.07, 6.45) is -1.71. The second-order valence-electron chi connectivity index (χ2n) is 5.62. The number of hydrogen-bond acceptors (Lipinski definition) is 5. The Kier molecular flexibility index (Phi) is 3.70. The van der Waals surface area contributed by atoms with Crippen LogP contribution < -0.4 is 0 Å². The number of methoxy groups -OCH3 is 1. The minimum atomic E-state index is -1.28. The van der Waals surface area contributed by atoms with Gasteiger partial charge in [0.15, 0.2) is 17.7 Å². The van der Waals surface area contributed by atoms with Crippen LogP contribution in [0.1, 0.15) is 19.4 Å². The van der Waals surface area contributed by atoms with E-state index in [-0.39, 0.29) is 4.69 Å². The number of benzene rings is 1. The standard InChI is InChI=1S/C15H17BrO5/c1-14(2)19-10-11(20-14)15(13(16)17,21-12(10)18-3)9-7-5-4-6-8-9/h4-8,10-12H,1-3H3/t10-,11+,12+,15+/m1/s1. The van der Waals surface area contributed by atoms with Crippen molar-refractivity contribution in [3.8, 4) is 0 Å². The summed E-state index contributed by atoms with van der Waals surface area (Å²) in [5.41, 5.74) is -0.567. The zero-order valence-corrected chi connectivity index (χ0v) is 13.6. The van der Waals surface area contributed by atoms with Crippen molar-refractivity contribution >= 4 is 20.6 Å². The van der Waals surface area contributed by atoms with Crippen molar-refractivity contribution in [3.63, 3.8) is 0 Å². The van der Waals surface area contributed by atoms with Crippen molar-refractivity contribution in [1.82, 2.24) is 0 Å². The van der Waals surface area contributed by atoms with E-state index < -0.39 is 29.9 Å². The Hall–Kier alpha value is -0.790. The molecule has 0 unspecified atom stereocenters. The minimum Gasteiger partial charge on any atom is -0.353 e. The van der Waals surface area contributed by atoms with Crippen LogP contribution >= 0.6 is 15.9 Å². The van der Waals surface area contributed by atoms with Gasteiger partial charge in [-0.2, -0.15) is 0 Å². The molecule has 0 amide bonds. The van der Waals surface area contributed by atoms with Crippen LogP contribution in [0, 0.1) is 0 Å². The van der Waals surface area contributed by atoms with Crippen molar-refractivity contribution in [1.29, 1.82) is 0 Å². The largest absolute Gasteiger partial charge is 0.353 e. The van der Waals surface area contributed by atoms with E-state index in [1.807, 2.05) is 44.2 Å². The lowest BCUT2D eigenvalue weighted by Gasteiger charge is -2.31. The van der Waals surface area contributed by atoms with E-state index in [9.17, 15) is 4.79 Å². The third-order valence-electron chi connectivity index (χ3n) is 3.83. The van der Waals surface area contributed by atoms with Crippen LogP contribution in [0.3, 0.4) is 0 Å². The highest BCUT2D eigenvalue weighted by molar-refractivity contribution is 9.18. The fraction of sp³-hybridized carbons (Fsp3) is 0.533. The van der Waals surface area contributed by atoms with Gasteiger partial charge in [0.25, 0.3) is 0 Å². The van der Waals surface area contributed by atoms with E-state index in [2.05, 4.69) is 15.9 Å². The predicted octanol–water partition coefficient (Wildman–Crippen LogP) is 2.33. The molecule has 0 bridgehead atoms. The fourth-order valence-corrected chi connectivity index (χ4v) is 3.54. The fourth-order valence-electron chi connectivity index (χ4n) is 2.99. The van der Waals surface area contributed by atoms with Gasteiger partial charge in [-0.1, -0.05) is 30.3 Å². The number of fused-ring (bicyclic) bond motifs is 1. The second kappa shape index (κ2) is 5.14. The van der Waals surface area contributed by atoms with Crippen LogP contribution in [0.2, 0.25) is 0 Å². The highest BCUT2D eigenvalue weighted by Gasteiger charge is 2.66. The molecule has 1 aromatic carbocycles. The molecule has 0 radical (unpaired) electrons. The van der Waals surface area contributed by atoms with Crippen LogP contribution in [0.25, 0.3) is 0 Å². The molecule has 1 aromatic rings. The van der Waals surface area contributed by atoms with Gasteiger partial charge in [0.05, 0.1) is 0 Å². The van der Waals surface area contributed by atoms with E-state index >= 15 is 0 Å². The van der Waals surface area contributed by atoms with E-state index in [0.717, 1.165) is 0 Å². The van der Waals surface area contributed by atoms with E-state index in [0.29, 0.717) is 5.56 Å². The van der Waals surface area contributed by atoms with Crippen molar-refractivity contribution in [3.05, 3.63) is 35.9 Å². The summed E-state index contributed by atoms with van der Waals surface area (Å²) in [4.78, 5) is 12.4. The van der Waals surface area contributed by atoms with Gasteiger partial charge in [-0.15, -0.1) is 0 Å². The smallest absolute Gasteiger partial charge is 0.237 e. The third kappa shape index (κ3) is 2.26. The van der Waals surface area contributed by atoms with Crippen LogP contribution in [0.5, 0.6) is 0 Å². The summed E-state index contributed by atoms with van der Waals surface area (Å²) in [5, 5.41) is 0. The summed E-state index contributed by atoms with van der Waals surface area (Å²) in [6.45, 7) is 3.62. The Balaban J connectivity index is 2.11. The molecule has 0 spiro atoms. The molecule has 0 saturated carbocycles. The molecule has 21 heavy (non-hydrogen) atoms. The second-order valence-corrected chi connectivity index (χ2v) is 6.34. The molecule has 0 N–H and O–H groups in total. The molecule has 114 valence electrons. The number of carbonyl (C=O) groups is 1. The molecule has 2 aliphatic rings. The summed E-state index contributed by atoms with van der Waals surface area (Å²) >= 11 is 3.07. The zero-order valence-electron chi connectivity index (χ0n) is 12.0. The lowest BCUT2D eigenvalue weighted by Crippen LogP contribution is -2.45. The van der Waals surface area contributed by atoms with E-state index in [1.54, 1.807) is 0 Å². The van der Waals surface area contributed by atoms with Gasteiger partial charge in [0.2, 0.25) is 4.69 Å². The molecular formula is C15H17BrO5. The first kappa shape index (κ1) is 15.1. The maximum atomic E-state index is 12.4. The maximum Gasteiger partial charge on any atom is 0.237 e. The first-order valence-corrected chi connectivity index (χ1v) is 7.52. The Morgan fingerprint density at radius 1 is 1.19 bits per heavy atom.